The molecule has 0 radical (unpaired) electrons. The number of benzene rings is 1. The highest BCUT2D eigenvalue weighted by molar-refractivity contribution is 7.09. The van der Waals surface area contributed by atoms with Crippen molar-refractivity contribution in [1.82, 2.24) is 4.98 Å². The van der Waals surface area contributed by atoms with Gasteiger partial charge < -0.3 is 15.7 Å². The van der Waals surface area contributed by atoms with Gasteiger partial charge in [0.15, 0.2) is 5.84 Å². The first-order valence-corrected chi connectivity index (χ1v) is 6.17. The Morgan fingerprint density at radius 3 is 3.06 bits per heavy atom. The van der Waals surface area contributed by atoms with Gasteiger partial charge in [-0.25, -0.2) is 0 Å². The Kier molecular flexibility index (Phi) is 3.78. The molecule has 1 aromatic heterocycles. The van der Waals surface area contributed by atoms with Gasteiger partial charge in [-0.15, -0.1) is 11.3 Å². The summed E-state index contributed by atoms with van der Waals surface area (Å²) in [5.41, 5.74) is 8.92. The third-order valence-electron chi connectivity index (χ3n) is 2.45. The lowest BCUT2D eigenvalue weighted by Gasteiger charge is -2.09. The molecule has 0 aliphatic carbocycles. The fourth-order valence-electron chi connectivity index (χ4n) is 1.43. The molecule has 6 heteroatoms. The van der Waals surface area contributed by atoms with Crippen molar-refractivity contribution in [3.8, 4) is 5.75 Å². The molecule has 0 fully saturated rings. The van der Waals surface area contributed by atoms with Gasteiger partial charge in [0.05, 0.1) is 10.4 Å². The number of thiazole rings is 1. The van der Waals surface area contributed by atoms with E-state index in [0.29, 0.717) is 17.9 Å². The van der Waals surface area contributed by atoms with Gasteiger partial charge >= 0.3 is 0 Å². The molecule has 94 valence electrons. The molecule has 1 heterocycles. The van der Waals surface area contributed by atoms with Crippen LogP contribution in [-0.2, 0) is 6.61 Å². The Bertz CT molecular complexity index is 552. The van der Waals surface area contributed by atoms with E-state index in [1.54, 1.807) is 23.8 Å². The molecule has 1 aromatic carbocycles. The van der Waals surface area contributed by atoms with Crippen LogP contribution in [0.25, 0.3) is 0 Å². The molecule has 0 saturated carbocycles. The van der Waals surface area contributed by atoms with Gasteiger partial charge in [-0.1, -0.05) is 17.3 Å². The minimum absolute atomic E-state index is 0.0673. The van der Waals surface area contributed by atoms with Crippen molar-refractivity contribution >= 4 is 17.2 Å². The van der Waals surface area contributed by atoms with E-state index in [1.165, 1.54) is 11.3 Å². The Morgan fingerprint density at radius 1 is 1.56 bits per heavy atom. The fraction of sp³-hybridized carbons (Fsp3) is 0.167. The van der Waals surface area contributed by atoms with Crippen LogP contribution in [0.5, 0.6) is 5.75 Å². The van der Waals surface area contributed by atoms with Gasteiger partial charge in [-0.3, -0.25) is 4.98 Å². The number of amidine groups is 1. The molecule has 18 heavy (non-hydrogen) atoms. The molecule has 0 aliphatic rings. The number of oxime groups is 1. The van der Waals surface area contributed by atoms with Crippen LogP contribution in [0.3, 0.4) is 0 Å². The highest BCUT2D eigenvalue weighted by atomic mass is 32.1. The van der Waals surface area contributed by atoms with Crippen LogP contribution < -0.4 is 10.5 Å². The molecule has 0 atom stereocenters. The molecule has 0 bridgehead atoms. The van der Waals surface area contributed by atoms with E-state index in [9.17, 15) is 0 Å². The van der Waals surface area contributed by atoms with E-state index in [2.05, 4.69) is 10.1 Å². The van der Waals surface area contributed by atoms with Crippen LogP contribution in [0.1, 0.15) is 16.0 Å². The zero-order valence-electron chi connectivity index (χ0n) is 9.83. The average Bonchev–Trinajstić information content (AvgIpc) is 2.90. The Morgan fingerprint density at radius 2 is 2.39 bits per heavy atom. The summed E-state index contributed by atoms with van der Waals surface area (Å²) < 4.78 is 5.69. The number of nitrogens with zero attached hydrogens (tertiary/aromatic N) is 2. The second kappa shape index (κ2) is 5.50. The van der Waals surface area contributed by atoms with Crippen molar-refractivity contribution in [3.05, 3.63) is 45.9 Å². The summed E-state index contributed by atoms with van der Waals surface area (Å²) in [4.78, 5) is 5.03. The topological polar surface area (TPSA) is 80.7 Å². The Hall–Kier alpha value is -2.08. The third kappa shape index (κ3) is 2.78. The van der Waals surface area contributed by atoms with Gasteiger partial charge in [0.1, 0.15) is 12.4 Å². The lowest BCUT2D eigenvalue weighted by molar-refractivity contribution is 0.307. The molecular formula is C12H13N3O2S. The zero-order valence-corrected chi connectivity index (χ0v) is 10.6. The molecule has 2 rings (SSSR count). The van der Waals surface area contributed by atoms with Crippen LogP contribution in [-0.4, -0.2) is 16.0 Å². The van der Waals surface area contributed by atoms with E-state index in [0.717, 1.165) is 10.4 Å². The second-order valence-corrected chi connectivity index (χ2v) is 4.69. The molecule has 0 amide bonds. The van der Waals surface area contributed by atoms with Gasteiger partial charge in [0, 0.05) is 11.8 Å². The molecule has 2 aromatic rings. The average molecular weight is 263 g/mol. The summed E-state index contributed by atoms with van der Waals surface area (Å²) in [6.07, 6.45) is 1.77. The van der Waals surface area contributed by atoms with Crippen LogP contribution in [0.4, 0.5) is 0 Å². The number of hydrogen-bond acceptors (Lipinski definition) is 5. The molecule has 5 nitrogen and oxygen atoms in total. The van der Waals surface area contributed by atoms with E-state index in [1.807, 2.05) is 13.0 Å². The summed E-state index contributed by atoms with van der Waals surface area (Å²) >= 11 is 1.54. The van der Waals surface area contributed by atoms with Crippen LogP contribution >= 0.6 is 11.3 Å². The predicted molar refractivity (Wildman–Crippen MR) is 70.1 cm³/mol. The summed E-state index contributed by atoms with van der Waals surface area (Å²) in [6, 6.07) is 5.41. The maximum absolute atomic E-state index is 8.64. The van der Waals surface area contributed by atoms with E-state index in [4.69, 9.17) is 15.7 Å². The predicted octanol–water partition coefficient (Wildman–Crippen LogP) is 2.13. The number of aromatic nitrogens is 1. The molecule has 3 N–H and O–H groups in total. The first kappa shape index (κ1) is 12.4. The normalized spacial score (nSPS) is 11.5. The lowest BCUT2D eigenvalue weighted by Crippen LogP contribution is -2.13. The Balaban J connectivity index is 2.16. The zero-order chi connectivity index (χ0) is 13.0. The number of aryl methyl sites for hydroxylation is 1. The van der Waals surface area contributed by atoms with Crippen molar-refractivity contribution in [2.24, 2.45) is 10.9 Å². The molecule has 0 spiro atoms. The highest BCUT2D eigenvalue weighted by Crippen LogP contribution is 2.21. The van der Waals surface area contributed by atoms with Crippen molar-refractivity contribution < 1.29 is 9.94 Å². The number of nitrogens with two attached hydrogens (primary N) is 1. The number of rotatable bonds is 4. The second-order valence-electron chi connectivity index (χ2n) is 3.72. The minimum atomic E-state index is 0.0673. The quantitative estimate of drug-likeness (QED) is 0.383. The summed E-state index contributed by atoms with van der Waals surface area (Å²) in [7, 11) is 0. The lowest BCUT2D eigenvalue weighted by atomic mass is 10.1. The number of hydrogen-bond donors (Lipinski definition) is 2. The standard InChI is InChI=1S/C12H13N3O2S/c1-8-2-3-9(12(13)15-16)4-11(8)17-6-10-5-14-7-18-10/h2-5,7,16H,6H2,1H3,(H2,13,15). The fourth-order valence-corrected chi connectivity index (χ4v) is 1.94. The summed E-state index contributed by atoms with van der Waals surface area (Å²) in [6.45, 7) is 2.41. The monoisotopic (exact) mass is 263 g/mol. The molecule has 0 unspecified atom stereocenters. The van der Waals surface area contributed by atoms with Crippen molar-refractivity contribution in [1.29, 1.82) is 0 Å². The molecule has 0 saturated heterocycles. The van der Waals surface area contributed by atoms with Gasteiger partial charge in [-0.2, -0.15) is 0 Å². The SMILES string of the molecule is Cc1ccc(/C(N)=N/O)cc1OCc1cncs1. The van der Waals surface area contributed by atoms with Crippen LogP contribution in [0, 0.1) is 6.92 Å². The molecule has 0 aliphatic heterocycles. The maximum atomic E-state index is 8.64. The smallest absolute Gasteiger partial charge is 0.170 e. The van der Waals surface area contributed by atoms with Gasteiger partial charge in [0.25, 0.3) is 0 Å². The first-order chi connectivity index (χ1) is 8.70. The maximum Gasteiger partial charge on any atom is 0.170 e. The van der Waals surface area contributed by atoms with E-state index < -0.39 is 0 Å². The third-order valence-corrected chi connectivity index (χ3v) is 3.20. The van der Waals surface area contributed by atoms with Crippen molar-refractivity contribution in [3.63, 3.8) is 0 Å². The Labute approximate surface area is 109 Å². The largest absolute Gasteiger partial charge is 0.488 e. The number of ether oxygens (including phenoxy) is 1. The minimum Gasteiger partial charge on any atom is -0.488 e. The van der Waals surface area contributed by atoms with E-state index in [-0.39, 0.29) is 5.84 Å². The highest BCUT2D eigenvalue weighted by Gasteiger charge is 2.06. The first-order valence-electron chi connectivity index (χ1n) is 5.29. The van der Waals surface area contributed by atoms with Crippen LogP contribution in [0.15, 0.2) is 35.1 Å². The van der Waals surface area contributed by atoms with Gasteiger partial charge in [-0.05, 0) is 18.6 Å². The summed E-state index contributed by atoms with van der Waals surface area (Å²) in [5.74, 6) is 0.783. The van der Waals surface area contributed by atoms with Crippen LogP contribution in [0.2, 0.25) is 0 Å². The van der Waals surface area contributed by atoms with Gasteiger partial charge in [0.2, 0.25) is 0 Å². The van der Waals surface area contributed by atoms with Crippen molar-refractivity contribution in [2.75, 3.05) is 0 Å². The van der Waals surface area contributed by atoms with E-state index >= 15 is 0 Å². The molecular weight excluding hydrogens is 250 g/mol. The summed E-state index contributed by atoms with van der Waals surface area (Å²) in [5, 5.41) is 11.6. The van der Waals surface area contributed by atoms with Crippen molar-refractivity contribution in [2.45, 2.75) is 13.5 Å².